The molecule has 1 aliphatic rings. The molecule has 4 nitrogen and oxygen atoms in total. The number of hydrogen-bond donors (Lipinski definition) is 1. The number of nitrogens with zero attached hydrogens (tertiary/aromatic N) is 1. The maximum Gasteiger partial charge on any atom is 0.229 e. The number of halogens is 1. The second-order valence-electron chi connectivity index (χ2n) is 4.65. The number of hydrogen-bond acceptors (Lipinski definition) is 3. The van der Waals surface area contributed by atoms with Gasteiger partial charge in [-0.2, -0.15) is 0 Å². The smallest absolute Gasteiger partial charge is 0.229 e. The van der Waals surface area contributed by atoms with Gasteiger partial charge in [-0.3, -0.25) is 4.79 Å². The quantitative estimate of drug-likeness (QED) is 0.894. The Bertz CT molecular complexity index is 490. The van der Waals surface area contributed by atoms with Crippen molar-refractivity contribution in [3.8, 4) is 5.75 Å². The van der Waals surface area contributed by atoms with Crippen LogP contribution >= 0.6 is 11.6 Å². The van der Waals surface area contributed by atoms with Crippen molar-refractivity contribution in [3.05, 3.63) is 22.7 Å². The highest BCUT2D eigenvalue weighted by Gasteiger charge is 2.36. The molecule has 1 aliphatic heterocycles. The van der Waals surface area contributed by atoms with E-state index in [1.807, 2.05) is 19.9 Å². The summed E-state index contributed by atoms with van der Waals surface area (Å²) >= 11 is 6.06. The van der Waals surface area contributed by atoms with Gasteiger partial charge in [0.1, 0.15) is 5.75 Å². The molecule has 1 aromatic rings. The number of ether oxygens (including phenoxy) is 1. The summed E-state index contributed by atoms with van der Waals surface area (Å²) in [4.78, 5) is 13.7. The van der Waals surface area contributed by atoms with E-state index in [2.05, 4.69) is 0 Å². The van der Waals surface area contributed by atoms with Gasteiger partial charge in [0.05, 0.1) is 12.8 Å². The maximum absolute atomic E-state index is 12.0. The zero-order valence-electron chi connectivity index (χ0n) is 10.7. The van der Waals surface area contributed by atoms with E-state index >= 15 is 0 Å². The molecule has 0 aliphatic carbocycles. The molecule has 1 fully saturated rings. The molecule has 1 heterocycles. The van der Waals surface area contributed by atoms with Gasteiger partial charge in [-0.05, 0) is 25.5 Å². The summed E-state index contributed by atoms with van der Waals surface area (Å²) in [6, 6.07) is 3.43. The van der Waals surface area contributed by atoms with Crippen LogP contribution in [0.1, 0.15) is 18.9 Å². The summed E-state index contributed by atoms with van der Waals surface area (Å²) in [6.45, 7) is 3.84. The molecule has 0 saturated carbocycles. The predicted molar refractivity (Wildman–Crippen MR) is 72.3 cm³/mol. The third-order valence-electron chi connectivity index (χ3n) is 3.43. The first-order chi connectivity index (χ1) is 8.45. The Hall–Kier alpha value is -1.26. The number of carbonyl (C=O) groups is 1. The summed E-state index contributed by atoms with van der Waals surface area (Å²) in [7, 11) is 1.57. The van der Waals surface area contributed by atoms with Gasteiger partial charge in [-0.1, -0.05) is 11.6 Å². The van der Waals surface area contributed by atoms with Crippen LogP contribution in [0.2, 0.25) is 5.02 Å². The van der Waals surface area contributed by atoms with Crippen LogP contribution < -0.4 is 15.4 Å². The third kappa shape index (κ3) is 2.06. The number of aryl methyl sites for hydroxylation is 1. The lowest BCUT2D eigenvalue weighted by Gasteiger charge is -2.25. The second-order valence-corrected chi connectivity index (χ2v) is 5.05. The molecule has 0 bridgehead atoms. The zero-order valence-corrected chi connectivity index (χ0v) is 11.5. The zero-order chi connectivity index (χ0) is 13.4. The molecule has 0 radical (unpaired) electrons. The highest BCUT2D eigenvalue weighted by molar-refractivity contribution is 6.31. The molecule has 2 rings (SSSR count). The molecule has 2 unspecified atom stereocenters. The van der Waals surface area contributed by atoms with Gasteiger partial charge >= 0.3 is 0 Å². The fraction of sp³-hybridized carbons (Fsp3) is 0.462. The van der Waals surface area contributed by atoms with E-state index in [-0.39, 0.29) is 18.0 Å². The first-order valence-corrected chi connectivity index (χ1v) is 6.25. The Morgan fingerprint density at radius 1 is 1.50 bits per heavy atom. The van der Waals surface area contributed by atoms with Crippen LogP contribution in [-0.4, -0.2) is 25.1 Å². The molecule has 18 heavy (non-hydrogen) atoms. The van der Waals surface area contributed by atoms with Gasteiger partial charge in [0.2, 0.25) is 5.91 Å². The van der Waals surface area contributed by atoms with E-state index in [9.17, 15) is 4.79 Å². The standard InChI is InChI=1S/C13H17ClN2O2/c1-7-4-11(12(18-3)5-9(7)14)16-8(2)10(15)6-13(16)17/h4-5,8,10H,6,15H2,1-3H3. The molecular weight excluding hydrogens is 252 g/mol. The van der Waals surface area contributed by atoms with E-state index < -0.39 is 0 Å². The monoisotopic (exact) mass is 268 g/mol. The summed E-state index contributed by atoms with van der Waals surface area (Å²) in [6.07, 6.45) is 0.367. The Balaban J connectivity index is 2.50. The van der Waals surface area contributed by atoms with E-state index in [0.717, 1.165) is 11.3 Å². The SMILES string of the molecule is COc1cc(Cl)c(C)cc1N1C(=O)CC(N)C1C. The molecule has 0 spiro atoms. The average molecular weight is 269 g/mol. The van der Waals surface area contributed by atoms with E-state index in [4.69, 9.17) is 22.1 Å². The van der Waals surface area contributed by atoms with Crippen molar-refractivity contribution in [1.29, 1.82) is 0 Å². The fourth-order valence-corrected chi connectivity index (χ4v) is 2.40. The van der Waals surface area contributed by atoms with Crippen LogP contribution in [0.3, 0.4) is 0 Å². The molecule has 0 aromatic heterocycles. The van der Waals surface area contributed by atoms with E-state index in [0.29, 0.717) is 17.2 Å². The third-order valence-corrected chi connectivity index (χ3v) is 3.83. The van der Waals surface area contributed by atoms with E-state index in [1.54, 1.807) is 18.1 Å². The second kappa shape index (κ2) is 4.78. The van der Waals surface area contributed by atoms with Gasteiger partial charge < -0.3 is 15.4 Å². The van der Waals surface area contributed by atoms with Crippen LogP contribution in [-0.2, 0) is 4.79 Å². The number of benzene rings is 1. The number of carbonyl (C=O) groups excluding carboxylic acids is 1. The van der Waals surface area contributed by atoms with Gasteiger partial charge in [-0.15, -0.1) is 0 Å². The summed E-state index contributed by atoms with van der Waals surface area (Å²) in [5.41, 5.74) is 7.58. The van der Waals surface area contributed by atoms with Crippen LogP contribution in [0.5, 0.6) is 5.75 Å². The van der Waals surface area contributed by atoms with Crippen LogP contribution in [0.4, 0.5) is 5.69 Å². The summed E-state index contributed by atoms with van der Waals surface area (Å²) in [5.74, 6) is 0.620. The largest absolute Gasteiger partial charge is 0.495 e. The number of nitrogens with two attached hydrogens (primary N) is 1. The summed E-state index contributed by atoms with van der Waals surface area (Å²) < 4.78 is 5.31. The lowest BCUT2D eigenvalue weighted by molar-refractivity contribution is -0.117. The molecule has 2 atom stereocenters. The van der Waals surface area contributed by atoms with Crippen molar-refractivity contribution in [2.45, 2.75) is 32.4 Å². The highest BCUT2D eigenvalue weighted by atomic mass is 35.5. The fourth-order valence-electron chi connectivity index (χ4n) is 2.24. The van der Waals surface area contributed by atoms with Crippen molar-refractivity contribution < 1.29 is 9.53 Å². The lowest BCUT2D eigenvalue weighted by atomic mass is 10.1. The van der Waals surface area contributed by atoms with Gasteiger partial charge in [0.15, 0.2) is 0 Å². The molecular formula is C13H17ClN2O2. The van der Waals surface area contributed by atoms with Crippen molar-refractivity contribution >= 4 is 23.2 Å². The molecule has 1 saturated heterocycles. The minimum absolute atomic E-state index is 0.0232. The number of methoxy groups -OCH3 is 1. The Morgan fingerprint density at radius 2 is 2.17 bits per heavy atom. The summed E-state index contributed by atoms with van der Waals surface area (Å²) in [5, 5.41) is 0.624. The Morgan fingerprint density at radius 3 is 2.67 bits per heavy atom. The van der Waals surface area contributed by atoms with Crippen molar-refractivity contribution in [2.75, 3.05) is 12.0 Å². The van der Waals surface area contributed by atoms with Crippen LogP contribution in [0, 0.1) is 6.92 Å². The highest BCUT2D eigenvalue weighted by Crippen LogP contribution is 2.37. The first-order valence-electron chi connectivity index (χ1n) is 5.87. The predicted octanol–water partition coefficient (Wildman–Crippen LogP) is 2.11. The van der Waals surface area contributed by atoms with E-state index in [1.165, 1.54) is 0 Å². The van der Waals surface area contributed by atoms with Crippen molar-refractivity contribution in [1.82, 2.24) is 0 Å². The number of anilines is 1. The Labute approximate surface area is 112 Å². The number of rotatable bonds is 2. The molecule has 98 valence electrons. The Kier molecular flexibility index (Phi) is 3.50. The van der Waals surface area contributed by atoms with Crippen molar-refractivity contribution in [2.24, 2.45) is 5.73 Å². The van der Waals surface area contributed by atoms with Crippen LogP contribution in [0.15, 0.2) is 12.1 Å². The molecule has 1 aromatic carbocycles. The lowest BCUT2D eigenvalue weighted by Crippen LogP contribution is -2.38. The maximum atomic E-state index is 12.0. The first kappa shape index (κ1) is 13.2. The van der Waals surface area contributed by atoms with Gasteiger partial charge in [-0.25, -0.2) is 0 Å². The molecule has 2 N–H and O–H groups in total. The average Bonchev–Trinajstić information content (AvgIpc) is 2.57. The minimum atomic E-state index is -0.141. The molecule has 5 heteroatoms. The minimum Gasteiger partial charge on any atom is -0.495 e. The van der Waals surface area contributed by atoms with Crippen LogP contribution in [0.25, 0.3) is 0 Å². The number of amides is 1. The topological polar surface area (TPSA) is 55.6 Å². The van der Waals surface area contributed by atoms with Gasteiger partial charge in [0, 0.05) is 29.6 Å². The normalized spacial score (nSPS) is 23.6. The molecule has 1 amide bonds. The van der Waals surface area contributed by atoms with Crippen molar-refractivity contribution in [3.63, 3.8) is 0 Å². The van der Waals surface area contributed by atoms with Gasteiger partial charge in [0.25, 0.3) is 0 Å².